The van der Waals surface area contributed by atoms with Crippen LogP contribution < -0.4 is 20.4 Å². The first-order valence-electron chi connectivity index (χ1n) is 12.5. The number of carbonyl (C=O) groups excluding carboxylic acids is 1. The van der Waals surface area contributed by atoms with Crippen molar-refractivity contribution in [2.45, 2.75) is 25.0 Å². The summed E-state index contributed by atoms with van der Waals surface area (Å²) in [5.41, 5.74) is 5.59. The van der Waals surface area contributed by atoms with Gasteiger partial charge in [0, 0.05) is 29.7 Å². The molecule has 3 heterocycles. The van der Waals surface area contributed by atoms with Gasteiger partial charge in [-0.25, -0.2) is 18.9 Å². The number of amides is 1. The number of rotatable bonds is 7. The Balaban J connectivity index is 1.44. The highest BCUT2D eigenvalue weighted by atomic mass is 79.9. The number of fused-ring (bicyclic) bond motifs is 1. The summed E-state index contributed by atoms with van der Waals surface area (Å²) < 4.78 is 34.9. The lowest BCUT2D eigenvalue weighted by Gasteiger charge is -2.41. The number of hydrogen-bond donors (Lipinski definition) is 3. The van der Waals surface area contributed by atoms with E-state index in [9.17, 15) is 13.2 Å². The van der Waals surface area contributed by atoms with E-state index >= 15 is 0 Å². The normalized spacial score (nSPS) is 18.5. The second-order valence-corrected chi connectivity index (χ2v) is 11.8. The van der Waals surface area contributed by atoms with E-state index in [0.29, 0.717) is 56.7 Å². The average molecular weight is 623 g/mol. The number of quaternary nitrogens is 1. The molecule has 0 aliphatic carbocycles. The zero-order chi connectivity index (χ0) is 27.5. The molecule has 2 aromatic rings. The molecule has 0 saturated carbocycles. The SMILES string of the molecule is CCOC(=O)[N+]1(C2=NC=C(NS(=O)(=O)c3ccc(Br)cc3)CN2NCc2ccc3c(c2)COO3)CCNCC1. The van der Waals surface area contributed by atoms with Gasteiger partial charge in [0.15, 0.2) is 5.75 Å². The van der Waals surface area contributed by atoms with Crippen LogP contribution in [0.2, 0.25) is 0 Å². The van der Waals surface area contributed by atoms with Crippen LogP contribution in [0.15, 0.2) is 68.7 Å². The highest BCUT2D eigenvalue weighted by molar-refractivity contribution is 9.10. The maximum atomic E-state index is 13.3. The van der Waals surface area contributed by atoms with Crippen LogP contribution in [0.5, 0.6) is 5.75 Å². The lowest BCUT2D eigenvalue weighted by molar-refractivity contribution is -0.776. The smallest absolute Gasteiger partial charge is 0.420 e. The van der Waals surface area contributed by atoms with Gasteiger partial charge < -0.3 is 14.9 Å². The molecule has 208 valence electrons. The molecule has 0 aromatic heterocycles. The number of aliphatic imine (C=N–C) groups is 1. The Morgan fingerprint density at radius 2 is 1.97 bits per heavy atom. The maximum Gasteiger partial charge on any atom is 0.523 e. The minimum atomic E-state index is -3.85. The molecule has 5 rings (SSSR count). The molecule has 0 radical (unpaired) electrons. The molecule has 12 nitrogen and oxygen atoms in total. The van der Waals surface area contributed by atoms with E-state index < -0.39 is 16.1 Å². The number of nitrogens with one attached hydrogen (secondary N) is 3. The van der Waals surface area contributed by atoms with Gasteiger partial charge in [-0.1, -0.05) is 22.0 Å². The van der Waals surface area contributed by atoms with Crippen molar-refractivity contribution >= 4 is 38.0 Å². The molecule has 1 saturated heterocycles. The molecule has 1 fully saturated rings. The van der Waals surface area contributed by atoms with Crippen LogP contribution in [0.4, 0.5) is 4.79 Å². The number of piperazine rings is 1. The summed E-state index contributed by atoms with van der Waals surface area (Å²) in [6.07, 6.45) is 1.07. The van der Waals surface area contributed by atoms with E-state index in [0.717, 1.165) is 15.6 Å². The van der Waals surface area contributed by atoms with Gasteiger partial charge in [-0.3, -0.25) is 4.72 Å². The fraction of sp³-hybridized carbons (Fsp3) is 0.360. The van der Waals surface area contributed by atoms with Crippen molar-refractivity contribution in [3.05, 3.63) is 70.0 Å². The number of halogens is 1. The van der Waals surface area contributed by atoms with Crippen molar-refractivity contribution in [1.82, 2.24) is 20.5 Å². The summed E-state index contributed by atoms with van der Waals surface area (Å²) in [7, 11) is -3.85. The molecular formula is C25H30BrN6O6S+. The first kappa shape index (κ1) is 27.6. The van der Waals surface area contributed by atoms with Crippen molar-refractivity contribution < 1.29 is 32.2 Å². The molecule has 14 heteroatoms. The van der Waals surface area contributed by atoms with Gasteiger partial charge in [0.2, 0.25) is 0 Å². The summed E-state index contributed by atoms with van der Waals surface area (Å²) >= 11 is 3.33. The van der Waals surface area contributed by atoms with Crippen LogP contribution >= 0.6 is 15.9 Å². The second-order valence-electron chi connectivity index (χ2n) is 9.22. The highest BCUT2D eigenvalue weighted by Crippen LogP contribution is 2.27. The summed E-state index contributed by atoms with van der Waals surface area (Å²) in [5.74, 6) is 1.12. The number of nitrogens with zero attached hydrogens (tertiary/aromatic N) is 3. The van der Waals surface area contributed by atoms with Gasteiger partial charge in [0.25, 0.3) is 10.0 Å². The van der Waals surface area contributed by atoms with Gasteiger partial charge in [-0.2, -0.15) is 19.2 Å². The molecule has 3 aliphatic rings. The Hall–Kier alpha value is -3.01. The molecular weight excluding hydrogens is 592 g/mol. The van der Waals surface area contributed by atoms with E-state index in [-0.39, 0.29) is 22.5 Å². The maximum absolute atomic E-state index is 13.3. The third kappa shape index (κ3) is 5.95. The number of ether oxygens (including phenoxy) is 1. The summed E-state index contributed by atoms with van der Waals surface area (Å²) in [4.78, 5) is 28.2. The van der Waals surface area contributed by atoms with Crippen LogP contribution in [0, 0.1) is 0 Å². The number of hydrazine groups is 1. The zero-order valence-electron chi connectivity index (χ0n) is 21.4. The Bertz CT molecular complexity index is 1390. The van der Waals surface area contributed by atoms with Crippen LogP contribution in [-0.2, 0) is 32.8 Å². The fourth-order valence-corrected chi connectivity index (χ4v) is 5.97. The van der Waals surface area contributed by atoms with Crippen LogP contribution in [0.3, 0.4) is 0 Å². The molecule has 3 N–H and O–H groups in total. The Labute approximate surface area is 235 Å². The van der Waals surface area contributed by atoms with Crippen LogP contribution in [0.25, 0.3) is 0 Å². The average Bonchev–Trinajstić information content (AvgIpc) is 3.40. The number of benzene rings is 2. The molecule has 0 unspecified atom stereocenters. The number of hydrogen-bond acceptors (Lipinski definition) is 10. The van der Waals surface area contributed by atoms with E-state index in [4.69, 9.17) is 14.5 Å². The van der Waals surface area contributed by atoms with Crippen molar-refractivity contribution in [3.63, 3.8) is 0 Å². The van der Waals surface area contributed by atoms with E-state index in [2.05, 4.69) is 36.4 Å². The van der Waals surface area contributed by atoms with Crippen molar-refractivity contribution in [1.29, 1.82) is 0 Å². The minimum absolute atomic E-state index is 0.122. The lowest BCUT2D eigenvalue weighted by Crippen LogP contribution is -2.70. The highest BCUT2D eigenvalue weighted by Gasteiger charge is 2.49. The third-order valence-electron chi connectivity index (χ3n) is 6.60. The van der Waals surface area contributed by atoms with Gasteiger partial charge in [-0.15, -0.1) is 0 Å². The largest absolute Gasteiger partial charge is 0.523 e. The number of sulfonamides is 1. The van der Waals surface area contributed by atoms with Crippen LogP contribution in [-0.4, -0.2) is 69.3 Å². The Kier molecular flexibility index (Phi) is 8.21. The number of carbonyl (C=O) groups is 1. The quantitative estimate of drug-likeness (QED) is 0.315. The van der Waals surface area contributed by atoms with E-state index in [1.807, 2.05) is 18.2 Å². The fourth-order valence-electron chi connectivity index (χ4n) is 4.63. The van der Waals surface area contributed by atoms with Gasteiger partial charge >= 0.3 is 12.1 Å². The van der Waals surface area contributed by atoms with Crippen LogP contribution in [0.1, 0.15) is 18.1 Å². The summed E-state index contributed by atoms with van der Waals surface area (Å²) in [6.45, 7) is 4.96. The van der Waals surface area contributed by atoms with Gasteiger partial charge in [-0.05, 0) is 48.9 Å². The zero-order valence-corrected chi connectivity index (χ0v) is 23.8. The first-order chi connectivity index (χ1) is 18.8. The van der Waals surface area contributed by atoms with Crippen molar-refractivity contribution in [3.8, 4) is 5.75 Å². The summed E-state index contributed by atoms with van der Waals surface area (Å²) in [6, 6.07) is 12.1. The monoisotopic (exact) mass is 621 g/mol. The third-order valence-corrected chi connectivity index (χ3v) is 8.55. The molecule has 0 spiro atoms. The molecule has 3 aliphatic heterocycles. The number of guanidine groups is 1. The van der Waals surface area contributed by atoms with E-state index in [1.165, 1.54) is 18.3 Å². The first-order valence-corrected chi connectivity index (χ1v) is 14.8. The minimum Gasteiger partial charge on any atom is -0.420 e. The van der Waals surface area contributed by atoms with Crippen molar-refractivity contribution in [2.24, 2.45) is 4.99 Å². The summed E-state index contributed by atoms with van der Waals surface area (Å²) in [5, 5.41) is 5.01. The molecule has 0 bridgehead atoms. The van der Waals surface area contributed by atoms with Crippen molar-refractivity contribution in [2.75, 3.05) is 39.3 Å². The predicted octanol–water partition coefficient (Wildman–Crippen LogP) is 2.35. The van der Waals surface area contributed by atoms with Gasteiger partial charge in [0.05, 0.1) is 29.9 Å². The standard InChI is InChI=1S/C25H30BrN6O6S/c1-2-36-25(33)32(11-9-27-10-12-32)24-28-15-21(30-39(34,35)22-6-4-20(26)5-7-22)16-31(24)29-14-18-3-8-23-19(13-18)17-37-38-23/h3-8,13,15,27,29-30H,2,9-12,14,16-17H2,1H3/q+1. The van der Waals surface area contributed by atoms with Gasteiger partial charge in [0.1, 0.15) is 19.7 Å². The van der Waals surface area contributed by atoms with E-state index in [1.54, 1.807) is 24.1 Å². The Morgan fingerprint density at radius 3 is 2.72 bits per heavy atom. The molecule has 39 heavy (non-hydrogen) atoms. The predicted molar refractivity (Wildman–Crippen MR) is 145 cm³/mol. The Morgan fingerprint density at radius 1 is 1.21 bits per heavy atom. The molecule has 1 amide bonds. The molecule has 2 aromatic carbocycles. The second kappa shape index (κ2) is 11.6. The topological polar surface area (TPSA) is 131 Å². The molecule has 0 atom stereocenters. The lowest BCUT2D eigenvalue weighted by atomic mass is 10.1.